The summed E-state index contributed by atoms with van der Waals surface area (Å²) in [5.41, 5.74) is -0.668. The van der Waals surface area contributed by atoms with Crippen LogP contribution in [0.5, 0.6) is 0 Å². The van der Waals surface area contributed by atoms with Gasteiger partial charge in [0.1, 0.15) is 0 Å². The molecule has 0 aliphatic carbocycles. The van der Waals surface area contributed by atoms with E-state index in [1.807, 2.05) is 0 Å². The minimum Gasteiger partial charge on any atom is -0.396 e. The van der Waals surface area contributed by atoms with Gasteiger partial charge in [-0.15, -0.1) is 0 Å². The Kier molecular flexibility index (Phi) is 5.24. The van der Waals surface area contributed by atoms with Gasteiger partial charge in [-0.05, 0) is 24.5 Å². The van der Waals surface area contributed by atoms with Gasteiger partial charge in [-0.1, -0.05) is 18.2 Å². The molecule has 118 valence electrons. The Morgan fingerprint density at radius 3 is 2.48 bits per heavy atom. The lowest BCUT2D eigenvalue weighted by atomic mass is 9.81. The number of nitrogens with one attached hydrogen (secondary N) is 1. The van der Waals surface area contributed by atoms with Crippen molar-refractivity contribution in [3.05, 3.63) is 35.4 Å². The first kappa shape index (κ1) is 16.3. The molecule has 2 N–H and O–H groups in total. The Hall–Kier alpha value is -1.11. The zero-order valence-electron chi connectivity index (χ0n) is 11.7. The summed E-state index contributed by atoms with van der Waals surface area (Å²) in [6, 6.07) is 5.56. The van der Waals surface area contributed by atoms with Crippen LogP contribution < -0.4 is 5.32 Å². The molecule has 0 aromatic heterocycles. The number of benzene rings is 1. The lowest BCUT2D eigenvalue weighted by Gasteiger charge is -2.35. The molecular weight excluding hydrogens is 283 g/mol. The first-order valence-electron chi connectivity index (χ1n) is 7.01. The fourth-order valence-electron chi connectivity index (χ4n) is 2.61. The number of ether oxygens (including phenoxy) is 1. The van der Waals surface area contributed by atoms with Crippen molar-refractivity contribution in [2.24, 2.45) is 5.41 Å². The molecule has 6 heteroatoms. The Labute approximate surface area is 122 Å². The van der Waals surface area contributed by atoms with Crippen LogP contribution in [0.1, 0.15) is 24.0 Å². The maximum Gasteiger partial charge on any atom is 0.416 e. The normalized spacial score (nSPS) is 18.7. The molecule has 1 saturated heterocycles. The Morgan fingerprint density at radius 1 is 1.19 bits per heavy atom. The number of aliphatic hydroxyl groups excluding tert-OH is 1. The first-order valence-corrected chi connectivity index (χ1v) is 7.01. The molecule has 0 amide bonds. The third-order valence-corrected chi connectivity index (χ3v) is 4.03. The van der Waals surface area contributed by atoms with Crippen molar-refractivity contribution in [1.82, 2.24) is 5.32 Å². The Balaban J connectivity index is 1.97. The van der Waals surface area contributed by atoms with Gasteiger partial charge in [0.25, 0.3) is 0 Å². The van der Waals surface area contributed by atoms with E-state index in [4.69, 9.17) is 4.74 Å². The number of hydrogen-bond donors (Lipinski definition) is 2. The van der Waals surface area contributed by atoms with Crippen LogP contribution in [0.25, 0.3) is 0 Å². The zero-order valence-corrected chi connectivity index (χ0v) is 11.7. The highest BCUT2D eigenvalue weighted by Gasteiger charge is 2.34. The highest BCUT2D eigenvalue weighted by atomic mass is 19.4. The minimum absolute atomic E-state index is 0.0181. The van der Waals surface area contributed by atoms with E-state index in [9.17, 15) is 18.3 Å². The van der Waals surface area contributed by atoms with Gasteiger partial charge in [0.15, 0.2) is 0 Å². The number of aliphatic hydroxyl groups is 1. The van der Waals surface area contributed by atoms with Crippen LogP contribution in [-0.4, -0.2) is 31.5 Å². The number of hydrogen-bond acceptors (Lipinski definition) is 3. The van der Waals surface area contributed by atoms with Gasteiger partial charge in [-0.2, -0.15) is 13.2 Å². The van der Waals surface area contributed by atoms with E-state index in [-0.39, 0.29) is 24.1 Å². The summed E-state index contributed by atoms with van der Waals surface area (Å²) in [5.74, 6) is 0. The van der Waals surface area contributed by atoms with Gasteiger partial charge in [-0.3, -0.25) is 0 Å². The van der Waals surface area contributed by atoms with Gasteiger partial charge in [0.2, 0.25) is 0 Å². The first-order chi connectivity index (χ1) is 9.97. The molecule has 1 aliphatic heterocycles. The van der Waals surface area contributed by atoms with Crippen LogP contribution in [0.4, 0.5) is 13.2 Å². The largest absolute Gasteiger partial charge is 0.416 e. The highest BCUT2D eigenvalue weighted by Crippen LogP contribution is 2.32. The van der Waals surface area contributed by atoms with E-state index in [1.54, 1.807) is 6.07 Å². The van der Waals surface area contributed by atoms with Gasteiger partial charge >= 0.3 is 6.18 Å². The lowest BCUT2D eigenvalue weighted by molar-refractivity contribution is -0.138. The van der Waals surface area contributed by atoms with Gasteiger partial charge in [-0.25, -0.2) is 0 Å². The summed E-state index contributed by atoms with van der Waals surface area (Å²) in [6.07, 6.45) is -2.90. The van der Waals surface area contributed by atoms with Crippen LogP contribution in [0.3, 0.4) is 0 Å². The predicted molar refractivity (Wildman–Crippen MR) is 72.7 cm³/mol. The van der Waals surface area contributed by atoms with Crippen molar-refractivity contribution in [3.8, 4) is 0 Å². The van der Waals surface area contributed by atoms with Crippen molar-refractivity contribution in [2.75, 3.05) is 26.4 Å². The number of alkyl halides is 3. The summed E-state index contributed by atoms with van der Waals surface area (Å²) in [5, 5.41) is 12.6. The van der Waals surface area contributed by atoms with Crippen molar-refractivity contribution in [1.29, 1.82) is 0 Å². The van der Waals surface area contributed by atoms with Gasteiger partial charge in [0, 0.05) is 31.7 Å². The smallest absolute Gasteiger partial charge is 0.396 e. The topological polar surface area (TPSA) is 41.5 Å². The molecule has 1 fully saturated rings. The monoisotopic (exact) mass is 303 g/mol. The van der Waals surface area contributed by atoms with E-state index >= 15 is 0 Å². The van der Waals surface area contributed by atoms with E-state index in [0.717, 1.165) is 18.9 Å². The van der Waals surface area contributed by atoms with E-state index in [1.165, 1.54) is 12.1 Å². The second-order valence-corrected chi connectivity index (χ2v) is 5.53. The number of halogens is 3. The molecule has 21 heavy (non-hydrogen) atoms. The maximum atomic E-state index is 12.9. The molecular formula is C15H20F3NO2. The molecule has 3 nitrogen and oxygen atoms in total. The fraction of sp³-hybridized carbons (Fsp3) is 0.600. The maximum absolute atomic E-state index is 12.9. The van der Waals surface area contributed by atoms with Crippen molar-refractivity contribution in [2.45, 2.75) is 25.6 Å². The van der Waals surface area contributed by atoms with Crippen molar-refractivity contribution < 1.29 is 23.0 Å². The van der Waals surface area contributed by atoms with Gasteiger partial charge < -0.3 is 15.2 Å². The average Bonchev–Trinajstić information content (AvgIpc) is 2.48. The molecule has 0 saturated carbocycles. The predicted octanol–water partition coefficient (Wildman–Crippen LogP) is 2.58. The molecule has 0 unspecified atom stereocenters. The second kappa shape index (κ2) is 6.77. The average molecular weight is 303 g/mol. The Morgan fingerprint density at radius 2 is 1.86 bits per heavy atom. The van der Waals surface area contributed by atoms with E-state index in [0.29, 0.717) is 19.8 Å². The Bertz CT molecular complexity index is 456. The summed E-state index contributed by atoms with van der Waals surface area (Å²) in [7, 11) is 0. The standard InChI is InChI=1S/C15H20F3NO2/c16-15(17,18)13-4-2-1-3-12(13)9-19-10-14(11-20)5-7-21-8-6-14/h1-4,19-20H,5-11H2. The van der Waals surface area contributed by atoms with Crippen molar-refractivity contribution in [3.63, 3.8) is 0 Å². The highest BCUT2D eigenvalue weighted by molar-refractivity contribution is 5.29. The van der Waals surface area contributed by atoms with Crippen LogP contribution >= 0.6 is 0 Å². The van der Waals surface area contributed by atoms with Crippen LogP contribution in [-0.2, 0) is 17.5 Å². The van der Waals surface area contributed by atoms with Crippen molar-refractivity contribution >= 4 is 0 Å². The number of rotatable bonds is 5. The van der Waals surface area contributed by atoms with Gasteiger partial charge in [0.05, 0.1) is 12.2 Å². The molecule has 1 aliphatic rings. The zero-order chi connectivity index (χ0) is 15.3. The minimum atomic E-state index is -4.34. The van der Waals surface area contributed by atoms with Crippen LogP contribution in [0, 0.1) is 5.41 Å². The van der Waals surface area contributed by atoms with Crippen LogP contribution in [0.15, 0.2) is 24.3 Å². The summed E-state index contributed by atoms with van der Waals surface area (Å²) in [4.78, 5) is 0. The molecule has 0 atom stereocenters. The molecule has 1 aromatic rings. The van der Waals surface area contributed by atoms with E-state index in [2.05, 4.69) is 5.32 Å². The second-order valence-electron chi connectivity index (χ2n) is 5.53. The third kappa shape index (κ3) is 4.18. The summed E-state index contributed by atoms with van der Waals surface area (Å²) >= 11 is 0. The van der Waals surface area contributed by atoms with E-state index < -0.39 is 11.7 Å². The fourth-order valence-corrected chi connectivity index (χ4v) is 2.61. The SMILES string of the molecule is OCC1(CNCc2ccccc2C(F)(F)F)CCOCC1. The third-order valence-electron chi connectivity index (χ3n) is 4.03. The molecule has 0 bridgehead atoms. The quantitative estimate of drug-likeness (QED) is 0.878. The molecule has 1 aromatic carbocycles. The molecule has 0 radical (unpaired) electrons. The molecule has 2 rings (SSSR count). The summed E-state index contributed by atoms with van der Waals surface area (Å²) < 4.78 is 43.9. The molecule has 1 heterocycles. The molecule has 0 spiro atoms. The summed E-state index contributed by atoms with van der Waals surface area (Å²) in [6.45, 7) is 1.81. The van der Waals surface area contributed by atoms with Crippen LogP contribution in [0.2, 0.25) is 0 Å². The lowest BCUT2D eigenvalue weighted by Crippen LogP contribution is -2.41.